The second-order valence-corrected chi connectivity index (χ2v) is 6.24. The van der Waals surface area contributed by atoms with E-state index in [-0.39, 0.29) is 6.01 Å². The molecule has 9 heteroatoms. The Hall–Kier alpha value is -4.14. The molecule has 1 N–H and O–H groups in total. The molecule has 0 bridgehead atoms. The number of ether oxygens (including phenoxy) is 2. The summed E-state index contributed by atoms with van der Waals surface area (Å²) in [6, 6.07) is 6.21. The highest BCUT2D eigenvalue weighted by molar-refractivity contribution is 5.84. The molecule has 5 rings (SSSR count). The van der Waals surface area contributed by atoms with Crippen LogP contribution in [0.3, 0.4) is 0 Å². The summed E-state index contributed by atoms with van der Waals surface area (Å²) in [6.45, 7) is 0. The standard InChI is InChI=1S/C20H15N7O2/c1-21-16-4-2-3-14-15(16)5-17-18(14)19(28-12-6-22-10-23-7-12)27-20(26-17)29-13-8-24-11-25-9-13/h2-4,6-11,21H,5H2,1H3. The van der Waals surface area contributed by atoms with Gasteiger partial charge >= 0.3 is 6.01 Å². The number of fused-ring (bicyclic) bond motifs is 3. The molecule has 4 aromatic rings. The van der Waals surface area contributed by atoms with Crippen molar-refractivity contribution in [1.82, 2.24) is 29.9 Å². The molecule has 0 saturated heterocycles. The Morgan fingerprint density at radius 2 is 1.55 bits per heavy atom. The number of benzene rings is 1. The maximum absolute atomic E-state index is 6.02. The van der Waals surface area contributed by atoms with Crippen molar-refractivity contribution in [3.8, 4) is 34.5 Å². The van der Waals surface area contributed by atoms with Gasteiger partial charge in [0.15, 0.2) is 11.5 Å². The summed E-state index contributed by atoms with van der Waals surface area (Å²) in [6.07, 6.45) is 9.74. The fraction of sp³-hybridized carbons (Fsp3) is 0.100. The molecule has 29 heavy (non-hydrogen) atoms. The van der Waals surface area contributed by atoms with Crippen molar-refractivity contribution in [3.05, 3.63) is 66.9 Å². The summed E-state index contributed by atoms with van der Waals surface area (Å²) in [5.41, 5.74) is 4.84. The summed E-state index contributed by atoms with van der Waals surface area (Å²) < 4.78 is 11.8. The van der Waals surface area contributed by atoms with Crippen LogP contribution in [0.1, 0.15) is 11.3 Å². The lowest BCUT2D eigenvalue weighted by Gasteiger charge is -2.12. The van der Waals surface area contributed by atoms with Crippen LogP contribution < -0.4 is 14.8 Å². The van der Waals surface area contributed by atoms with Crippen LogP contribution in [-0.2, 0) is 6.42 Å². The molecule has 0 unspecified atom stereocenters. The molecule has 1 aliphatic carbocycles. The van der Waals surface area contributed by atoms with Gasteiger partial charge < -0.3 is 14.8 Å². The van der Waals surface area contributed by atoms with Gasteiger partial charge in [-0.25, -0.2) is 19.9 Å². The number of rotatable bonds is 5. The van der Waals surface area contributed by atoms with Crippen molar-refractivity contribution in [1.29, 1.82) is 0 Å². The van der Waals surface area contributed by atoms with Gasteiger partial charge in [0.1, 0.15) is 12.7 Å². The van der Waals surface area contributed by atoms with Crippen molar-refractivity contribution >= 4 is 5.69 Å². The summed E-state index contributed by atoms with van der Waals surface area (Å²) in [4.78, 5) is 25.0. The average Bonchev–Trinajstić information content (AvgIpc) is 3.14. The van der Waals surface area contributed by atoms with Crippen LogP contribution in [0, 0.1) is 0 Å². The first-order valence-electron chi connectivity index (χ1n) is 8.88. The minimum atomic E-state index is 0.157. The molecule has 1 aliphatic rings. The molecule has 0 amide bonds. The summed E-state index contributed by atoms with van der Waals surface area (Å²) >= 11 is 0. The molecule has 3 aromatic heterocycles. The molecule has 3 heterocycles. The number of hydrogen-bond donors (Lipinski definition) is 1. The first-order chi connectivity index (χ1) is 14.3. The van der Waals surface area contributed by atoms with Crippen LogP contribution >= 0.6 is 0 Å². The zero-order valence-electron chi connectivity index (χ0n) is 15.4. The zero-order chi connectivity index (χ0) is 19.6. The minimum absolute atomic E-state index is 0.157. The highest BCUT2D eigenvalue weighted by Crippen LogP contribution is 2.45. The first kappa shape index (κ1) is 17.0. The Morgan fingerprint density at radius 1 is 0.862 bits per heavy atom. The Kier molecular flexibility index (Phi) is 4.17. The molecule has 0 saturated carbocycles. The number of anilines is 1. The second kappa shape index (κ2) is 7.12. The topological polar surface area (TPSA) is 108 Å². The van der Waals surface area contributed by atoms with Crippen molar-refractivity contribution in [2.24, 2.45) is 0 Å². The number of hydrogen-bond acceptors (Lipinski definition) is 9. The first-order valence-corrected chi connectivity index (χ1v) is 8.88. The highest BCUT2D eigenvalue weighted by atomic mass is 16.5. The quantitative estimate of drug-likeness (QED) is 0.487. The fourth-order valence-corrected chi connectivity index (χ4v) is 3.29. The van der Waals surface area contributed by atoms with Gasteiger partial charge in [-0.3, -0.25) is 0 Å². The molecule has 0 fully saturated rings. The summed E-state index contributed by atoms with van der Waals surface area (Å²) in [5.74, 6) is 1.29. The van der Waals surface area contributed by atoms with Crippen molar-refractivity contribution in [2.75, 3.05) is 12.4 Å². The molecule has 0 spiro atoms. The molecule has 142 valence electrons. The van der Waals surface area contributed by atoms with E-state index in [2.05, 4.69) is 35.2 Å². The van der Waals surface area contributed by atoms with Gasteiger partial charge in [0.2, 0.25) is 5.88 Å². The van der Waals surface area contributed by atoms with Crippen LogP contribution in [0.2, 0.25) is 0 Å². The van der Waals surface area contributed by atoms with Gasteiger partial charge in [-0.1, -0.05) is 12.1 Å². The normalized spacial score (nSPS) is 11.5. The van der Waals surface area contributed by atoms with Crippen LogP contribution in [0.25, 0.3) is 11.1 Å². The molecule has 9 nitrogen and oxygen atoms in total. The maximum atomic E-state index is 6.02. The van der Waals surface area contributed by atoms with Crippen LogP contribution in [0.5, 0.6) is 23.4 Å². The Balaban J connectivity index is 1.62. The monoisotopic (exact) mass is 385 g/mol. The predicted octanol–water partition coefficient (Wildman–Crippen LogP) is 3.25. The molecular weight excluding hydrogens is 370 g/mol. The lowest BCUT2D eigenvalue weighted by Crippen LogP contribution is -2.00. The van der Waals surface area contributed by atoms with Crippen LogP contribution in [0.15, 0.2) is 55.6 Å². The third-order valence-corrected chi connectivity index (χ3v) is 4.49. The van der Waals surface area contributed by atoms with Gasteiger partial charge in [-0.05, 0) is 17.2 Å². The Morgan fingerprint density at radius 3 is 2.24 bits per heavy atom. The fourth-order valence-electron chi connectivity index (χ4n) is 3.29. The molecule has 1 aromatic carbocycles. The average molecular weight is 385 g/mol. The van der Waals surface area contributed by atoms with Crippen molar-refractivity contribution < 1.29 is 9.47 Å². The van der Waals surface area contributed by atoms with E-state index in [9.17, 15) is 0 Å². The van der Waals surface area contributed by atoms with Crippen LogP contribution in [0.4, 0.5) is 5.69 Å². The van der Waals surface area contributed by atoms with Gasteiger partial charge in [0.05, 0.1) is 36.0 Å². The summed E-state index contributed by atoms with van der Waals surface area (Å²) in [7, 11) is 1.90. The van der Waals surface area contributed by atoms with Crippen molar-refractivity contribution in [3.63, 3.8) is 0 Å². The van der Waals surface area contributed by atoms with Crippen molar-refractivity contribution in [2.45, 2.75) is 6.42 Å². The Labute approximate surface area is 165 Å². The van der Waals surface area contributed by atoms with E-state index in [1.807, 2.05) is 25.2 Å². The predicted molar refractivity (Wildman–Crippen MR) is 104 cm³/mol. The van der Waals surface area contributed by atoms with Gasteiger partial charge in [0, 0.05) is 19.2 Å². The highest BCUT2D eigenvalue weighted by Gasteiger charge is 2.28. The van der Waals surface area contributed by atoms with E-state index in [1.54, 1.807) is 24.8 Å². The largest absolute Gasteiger partial charge is 0.435 e. The van der Waals surface area contributed by atoms with Crippen LogP contribution in [-0.4, -0.2) is 37.0 Å². The Bertz CT molecular complexity index is 1170. The number of nitrogens with zero attached hydrogens (tertiary/aromatic N) is 6. The lowest BCUT2D eigenvalue weighted by molar-refractivity contribution is 0.407. The van der Waals surface area contributed by atoms with Gasteiger partial charge in [0.25, 0.3) is 0 Å². The maximum Gasteiger partial charge on any atom is 0.325 e. The lowest BCUT2D eigenvalue weighted by atomic mass is 10.1. The SMILES string of the molecule is CNc1cccc2c1Cc1nc(Oc3cncnc3)nc(Oc3cncnc3)c1-2. The van der Waals surface area contributed by atoms with E-state index in [1.165, 1.54) is 12.7 Å². The molecule has 0 atom stereocenters. The summed E-state index contributed by atoms with van der Waals surface area (Å²) in [5, 5.41) is 3.23. The number of nitrogens with one attached hydrogen (secondary N) is 1. The third-order valence-electron chi connectivity index (χ3n) is 4.49. The second-order valence-electron chi connectivity index (χ2n) is 6.24. The number of aromatic nitrogens is 6. The zero-order valence-corrected chi connectivity index (χ0v) is 15.4. The van der Waals surface area contributed by atoms with E-state index in [0.717, 1.165) is 28.1 Å². The van der Waals surface area contributed by atoms with Gasteiger partial charge in [-0.2, -0.15) is 9.97 Å². The molecular formula is C20H15N7O2. The minimum Gasteiger partial charge on any atom is -0.435 e. The molecule has 0 aliphatic heterocycles. The van der Waals surface area contributed by atoms with Gasteiger partial charge in [-0.15, -0.1) is 0 Å². The molecule has 0 radical (unpaired) electrons. The van der Waals surface area contributed by atoms with E-state index >= 15 is 0 Å². The van der Waals surface area contributed by atoms with E-state index < -0.39 is 0 Å². The van der Waals surface area contributed by atoms with E-state index in [0.29, 0.717) is 23.8 Å². The van der Waals surface area contributed by atoms with E-state index in [4.69, 9.17) is 9.47 Å². The smallest absolute Gasteiger partial charge is 0.325 e. The third kappa shape index (κ3) is 3.18.